The fourth-order valence-corrected chi connectivity index (χ4v) is 3.74. The van der Waals surface area contributed by atoms with E-state index in [-0.39, 0.29) is 58.5 Å². The molecule has 1 aromatic carbocycles. The molecule has 0 saturated carbocycles. The molecule has 0 spiro atoms. The van der Waals surface area contributed by atoms with Gasteiger partial charge in [-0.1, -0.05) is 53.7 Å². The molecule has 1 aromatic rings. The minimum absolute atomic E-state index is 0. The van der Waals surface area contributed by atoms with E-state index < -0.39 is 18.0 Å². The van der Waals surface area contributed by atoms with Crippen molar-refractivity contribution in [2.24, 2.45) is 17.8 Å². The minimum Gasteiger partial charge on any atom is -0.357 e. The van der Waals surface area contributed by atoms with Gasteiger partial charge < -0.3 is 16.0 Å². The van der Waals surface area contributed by atoms with Crippen molar-refractivity contribution in [3.8, 4) is 0 Å². The Bertz CT molecular complexity index is 926. The molecule has 2 rings (SSSR count). The number of likely N-dealkylation sites (N-methyl/N-ethyl adjacent to an activating group) is 1. The highest BCUT2D eigenvalue weighted by Gasteiger charge is 2.40. The molecule has 3 atom stereocenters. The van der Waals surface area contributed by atoms with Gasteiger partial charge >= 0.3 is 0 Å². The summed E-state index contributed by atoms with van der Waals surface area (Å²) in [5.41, 5.74) is 1.16. The van der Waals surface area contributed by atoms with E-state index in [2.05, 4.69) is 16.0 Å². The van der Waals surface area contributed by atoms with Crippen molar-refractivity contribution in [2.45, 2.75) is 73.4 Å². The molecule has 9 nitrogen and oxygen atoms in total. The first-order valence-electron chi connectivity index (χ1n) is 12.2. The van der Waals surface area contributed by atoms with Crippen LogP contribution in [0, 0.1) is 17.8 Å². The summed E-state index contributed by atoms with van der Waals surface area (Å²) < 4.78 is 0. The zero-order valence-electron chi connectivity index (χ0n) is 22.1. The standard InChI is InChI=1S/C24H34N4O5.C2H6.3H2/c1-13(2)18-12-20(30)28(24(18)33)17-9-7-16(8-10-17)11-19(29)27-21(14(3)4)23(32)26-15(5)22(31)25-6;1-2;;;/h7-10,13-15,18,21H,11-12H2,1-6H3,(H,25,31)(H,26,32)(H,27,29);1-2H3;3*1H/t15-,18?,21-;;;;/m0..../s1. The monoisotopic (exact) mass is 494 g/mol. The van der Waals surface area contributed by atoms with Crippen molar-refractivity contribution in [1.82, 2.24) is 16.0 Å². The molecule has 1 aliphatic rings. The van der Waals surface area contributed by atoms with Crippen LogP contribution < -0.4 is 20.9 Å². The van der Waals surface area contributed by atoms with Crippen molar-refractivity contribution < 1.29 is 28.3 Å². The molecule has 1 heterocycles. The first-order valence-corrected chi connectivity index (χ1v) is 12.2. The van der Waals surface area contributed by atoms with Gasteiger partial charge in [-0.15, -0.1) is 0 Å². The van der Waals surface area contributed by atoms with Gasteiger partial charge in [-0.3, -0.25) is 28.9 Å². The van der Waals surface area contributed by atoms with E-state index in [1.807, 2.05) is 27.7 Å². The van der Waals surface area contributed by atoms with Crippen LogP contribution in [0.4, 0.5) is 5.69 Å². The molecule has 200 valence electrons. The highest BCUT2D eigenvalue weighted by molar-refractivity contribution is 6.21. The van der Waals surface area contributed by atoms with Crippen molar-refractivity contribution in [3.63, 3.8) is 0 Å². The van der Waals surface area contributed by atoms with Gasteiger partial charge in [0.25, 0.3) is 0 Å². The normalized spacial score (nSPS) is 17.0. The fourth-order valence-electron chi connectivity index (χ4n) is 3.74. The molecule has 1 aliphatic heterocycles. The van der Waals surface area contributed by atoms with E-state index in [0.717, 1.165) is 0 Å². The Morgan fingerprint density at radius 2 is 1.54 bits per heavy atom. The molecule has 3 N–H and O–H groups in total. The fraction of sp³-hybridized carbons (Fsp3) is 0.577. The van der Waals surface area contributed by atoms with Crippen LogP contribution in [0.25, 0.3) is 0 Å². The third kappa shape index (κ3) is 7.90. The Morgan fingerprint density at radius 1 is 0.971 bits per heavy atom. The highest BCUT2D eigenvalue weighted by atomic mass is 16.2. The number of anilines is 1. The second-order valence-electron chi connectivity index (χ2n) is 9.10. The van der Waals surface area contributed by atoms with Gasteiger partial charge in [0.2, 0.25) is 29.5 Å². The minimum atomic E-state index is -0.795. The van der Waals surface area contributed by atoms with Gasteiger partial charge in [-0.25, -0.2) is 0 Å². The molecule has 0 radical (unpaired) electrons. The molecule has 1 fully saturated rings. The van der Waals surface area contributed by atoms with Crippen LogP contribution in [0.2, 0.25) is 0 Å². The Hall–Kier alpha value is -3.23. The number of hydrogen-bond acceptors (Lipinski definition) is 5. The SMILES string of the molecule is CC.CNC(=O)[C@H](C)NC(=O)[C@@H](NC(=O)Cc1ccc(N2C(=O)CC(C(C)C)C2=O)cc1)C(C)C.[HH].[HH].[HH]. The molecule has 0 aromatic heterocycles. The quantitative estimate of drug-likeness (QED) is 0.455. The van der Waals surface area contributed by atoms with Crippen molar-refractivity contribution in [3.05, 3.63) is 29.8 Å². The number of benzene rings is 1. The maximum Gasteiger partial charge on any atom is 0.243 e. The third-order valence-corrected chi connectivity index (χ3v) is 5.81. The average molecular weight is 495 g/mol. The smallest absolute Gasteiger partial charge is 0.243 e. The second kappa shape index (κ2) is 13.6. The summed E-state index contributed by atoms with van der Waals surface area (Å²) >= 11 is 0. The molecular weight excluding hydrogens is 448 g/mol. The molecule has 9 heteroatoms. The molecule has 1 saturated heterocycles. The van der Waals surface area contributed by atoms with Gasteiger partial charge in [0.15, 0.2) is 0 Å². The van der Waals surface area contributed by atoms with Crippen molar-refractivity contribution in [1.29, 1.82) is 0 Å². The lowest BCUT2D eigenvalue weighted by Crippen LogP contribution is -2.54. The van der Waals surface area contributed by atoms with Gasteiger partial charge in [-0.05, 0) is 36.5 Å². The van der Waals surface area contributed by atoms with E-state index in [0.29, 0.717) is 11.3 Å². The number of amides is 5. The number of carbonyl (C=O) groups is 5. The maximum atomic E-state index is 12.6. The van der Waals surface area contributed by atoms with E-state index >= 15 is 0 Å². The lowest BCUT2D eigenvalue weighted by Gasteiger charge is -2.23. The second-order valence-corrected chi connectivity index (χ2v) is 9.10. The van der Waals surface area contributed by atoms with Crippen LogP contribution in [-0.4, -0.2) is 48.7 Å². The van der Waals surface area contributed by atoms with Gasteiger partial charge in [0.05, 0.1) is 18.0 Å². The number of hydrogen-bond donors (Lipinski definition) is 3. The number of imide groups is 1. The topological polar surface area (TPSA) is 125 Å². The summed E-state index contributed by atoms with van der Waals surface area (Å²) in [5, 5.41) is 7.80. The van der Waals surface area contributed by atoms with Gasteiger partial charge in [0.1, 0.15) is 12.1 Å². The number of rotatable bonds is 9. The summed E-state index contributed by atoms with van der Waals surface area (Å²) in [7, 11) is 1.48. The lowest BCUT2D eigenvalue weighted by molar-refractivity contribution is -0.132. The van der Waals surface area contributed by atoms with E-state index in [9.17, 15) is 24.0 Å². The average Bonchev–Trinajstić information content (AvgIpc) is 3.12. The van der Waals surface area contributed by atoms with Gasteiger partial charge in [0, 0.05) is 17.7 Å². The third-order valence-electron chi connectivity index (χ3n) is 5.81. The highest BCUT2D eigenvalue weighted by Crippen LogP contribution is 2.30. The molecule has 0 aliphatic carbocycles. The van der Waals surface area contributed by atoms with Crippen LogP contribution in [0.5, 0.6) is 0 Å². The molecular formula is C26H46N4O5. The Morgan fingerprint density at radius 3 is 2.00 bits per heavy atom. The van der Waals surface area contributed by atoms with Crippen LogP contribution >= 0.6 is 0 Å². The first-order chi connectivity index (χ1) is 16.5. The largest absolute Gasteiger partial charge is 0.357 e. The van der Waals surface area contributed by atoms with Crippen LogP contribution in [0.1, 0.15) is 64.7 Å². The molecule has 35 heavy (non-hydrogen) atoms. The molecule has 1 unspecified atom stereocenters. The summed E-state index contributed by atoms with van der Waals surface area (Å²) in [4.78, 5) is 62.9. The molecule has 5 amide bonds. The first kappa shape index (κ1) is 29.8. The summed E-state index contributed by atoms with van der Waals surface area (Å²) in [6.45, 7) is 13.0. The van der Waals surface area contributed by atoms with Gasteiger partial charge in [-0.2, -0.15) is 0 Å². The summed E-state index contributed by atoms with van der Waals surface area (Å²) in [5.74, 6) is -1.94. The number of nitrogens with one attached hydrogen (secondary N) is 3. The van der Waals surface area contributed by atoms with E-state index in [1.165, 1.54) is 11.9 Å². The Labute approximate surface area is 212 Å². The lowest BCUT2D eigenvalue weighted by atomic mass is 9.94. The van der Waals surface area contributed by atoms with Crippen LogP contribution in [0.15, 0.2) is 24.3 Å². The predicted octanol–water partition coefficient (Wildman–Crippen LogP) is 2.92. The Balaban J connectivity index is -0.00000239. The Kier molecular flexibility index (Phi) is 11.6. The summed E-state index contributed by atoms with van der Waals surface area (Å²) in [6.07, 6.45) is 0.232. The van der Waals surface area contributed by atoms with Crippen molar-refractivity contribution >= 4 is 35.2 Å². The zero-order valence-corrected chi connectivity index (χ0v) is 22.1. The number of nitrogens with zero attached hydrogens (tertiary/aromatic N) is 1. The van der Waals surface area contributed by atoms with E-state index in [4.69, 9.17) is 0 Å². The molecule has 0 bridgehead atoms. The van der Waals surface area contributed by atoms with E-state index in [1.54, 1.807) is 45.0 Å². The summed E-state index contributed by atoms with van der Waals surface area (Å²) in [6, 6.07) is 5.17. The van der Waals surface area contributed by atoms with Crippen molar-refractivity contribution in [2.75, 3.05) is 11.9 Å². The zero-order chi connectivity index (χ0) is 26.9. The van der Waals surface area contributed by atoms with Crippen LogP contribution in [-0.2, 0) is 30.4 Å². The van der Waals surface area contributed by atoms with Crippen LogP contribution in [0.3, 0.4) is 0 Å². The predicted molar refractivity (Wildman–Crippen MR) is 142 cm³/mol. The maximum absolute atomic E-state index is 12.6. The number of carbonyl (C=O) groups excluding carboxylic acids is 5.